The lowest BCUT2D eigenvalue weighted by molar-refractivity contribution is 0.0664. The summed E-state index contributed by atoms with van der Waals surface area (Å²) in [6, 6.07) is 3.54. The molecule has 1 saturated heterocycles. The third-order valence-corrected chi connectivity index (χ3v) is 5.06. The van der Waals surface area contributed by atoms with E-state index in [2.05, 4.69) is 19.9 Å². The zero-order chi connectivity index (χ0) is 17.4. The smallest absolute Gasteiger partial charge is 0.292 e. The van der Waals surface area contributed by atoms with Crippen molar-refractivity contribution in [3.63, 3.8) is 0 Å². The molecule has 25 heavy (non-hydrogen) atoms. The third-order valence-electron chi connectivity index (χ3n) is 4.30. The third kappa shape index (κ3) is 3.07. The molecule has 1 atom stereocenters. The molecule has 3 aromatic rings. The number of piperidine rings is 1. The van der Waals surface area contributed by atoms with Gasteiger partial charge in [0.15, 0.2) is 5.76 Å². The number of amides is 1. The average Bonchev–Trinajstić information content (AvgIpc) is 3.34. The number of carbonyl (C=O) groups is 1. The van der Waals surface area contributed by atoms with Crippen molar-refractivity contribution >= 4 is 17.4 Å². The van der Waals surface area contributed by atoms with E-state index in [1.165, 1.54) is 11.5 Å². The van der Waals surface area contributed by atoms with Gasteiger partial charge in [-0.15, -0.1) is 5.10 Å². The maximum atomic E-state index is 12.6. The van der Waals surface area contributed by atoms with Crippen molar-refractivity contribution in [3.8, 4) is 10.6 Å². The molecular formula is C16H17N5O3S. The topological polar surface area (TPSA) is 98.2 Å². The van der Waals surface area contributed by atoms with Crippen molar-refractivity contribution in [2.45, 2.75) is 32.6 Å². The number of hydrogen-bond acceptors (Lipinski definition) is 8. The van der Waals surface area contributed by atoms with Crippen molar-refractivity contribution in [2.75, 3.05) is 13.1 Å². The molecular weight excluding hydrogens is 342 g/mol. The molecule has 130 valence electrons. The first-order chi connectivity index (χ1) is 12.1. The van der Waals surface area contributed by atoms with Gasteiger partial charge in [0.05, 0.1) is 17.1 Å². The number of aryl methyl sites for hydroxylation is 2. The predicted octanol–water partition coefficient (Wildman–Crippen LogP) is 2.82. The van der Waals surface area contributed by atoms with Gasteiger partial charge in [0, 0.05) is 31.1 Å². The molecule has 1 aliphatic rings. The Hall–Kier alpha value is -2.55. The lowest BCUT2D eigenvalue weighted by atomic mass is 9.93. The Morgan fingerprint density at radius 3 is 2.76 bits per heavy atom. The van der Waals surface area contributed by atoms with Gasteiger partial charge in [-0.3, -0.25) is 4.79 Å². The van der Waals surface area contributed by atoms with Gasteiger partial charge in [0.25, 0.3) is 5.91 Å². The van der Waals surface area contributed by atoms with Crippen molar-refractivity contribution in [2.24, 2.45) is 0 Å². The molecule has 3 aromatic heterocycles. The molecule has 0 aliphatic carbocycles. The highest BCUT2D eigenvalue weighted by Gasteiger charge is 2.31. The zero-order valence-corrected chi connectivity index (χ0v) is 14.7. The summed E-state index contributed by atoms with van der Waals surface area (Å²) < 4.78 is 14.6. The summed E-state index contributed by atoms with van der Waals surface area (Å²) in [4.78, 5) is 15.3. The van der Waals surface area contributed by atoms with E-state index in [0.29, 0.717) is 24.5 Å². The fraction of sp³-hybridized carbons (Fsp3) is 0.438. The van der Waals surface area contributed by atoms with Crippen molar-refractivity contribution in [3.05, 3.63) is 35.0 Å². The van der Waals surface area contributed by atoms with Crippen molar-refractivity contribution in [1.82, 2.24) is 24.8 Å². The number of carbonyl (C=O) groups excluding carboxylic acids is 1. The normalized spacial score (nSPS) is 17.8. The summed E-state index contributed by atoms with van der Waals surface area (Å²) in [6.07, 6.45) is 1.85. The van der Waals surface area contributed by atoms with Crippen LogP contribution in [-0.4, -0.2) is 43.8 Å². The lowest BCUT2D eigenvalue weighted by Crippen LogP contribution is -2.39. The van der Waals surface area contributed by atoms with Crippen molar-refractivity contribution in [1.29, 1.82) is 0 Å². The summed E-state index contributed by atoms with van der Waals surface area (Å²) in [5, 5.41) is 12.0. The number of nitrogens with zero attached hydrogens (tertiary/aromatic N) is 5. The van der Waals surface area contributed by atoms with Gasteiger partial charge >= 0.3 is 0 Å². The Labute approximate surface area is 148 Å². The second kappa shape index (κ2) is 6.40. The quantitative estimate of drug-likeness (QED) is 0.709. The summed E-state index contributed by atoms with van der Waals surface area (Å²) >= 11 is 1.29. The van der Waals surface area contributed by atoms with E-state index in [-0.39, 0.29) is 17.6 Å². The van der Waals surface area contributed by atoms with Crippen LogP contribution in [0.5, 0.6) is 0 Å². The molecule has 0 bridgehead atoms. The fourth-order valence-corrected chi connectivity index (χ4v) is 3.81. The molecule has 4 rings (SSSR count). The molecule has 0 spiro atoms. The van der Waals surface area contributed by atoms with Gasteiger partial charge < -0.3 is 13.9 Å². The fourth-order valence-electron chi connectivity index (χ4n) is 3.11. The number of aromatic nitrogens is 4. The minimum atomic E-state index is -0.134. The molecule has 8 nitrogen and oxygen atoms in total. The van der Waals surface area contributed by atoms with E-state index in [0.717, 1.165) is 29.1 Å². The highest BCUT2D eigenvalue weighted by atomic mass is 32.1. The highest BCUT2D eigenvalue weighted by Crippen LogP contribution is 2.35. The van der Waals surface area contributed by atoms with E-state index in [1.54, 1.807) is 17.9 Å². The van der Waals surface area contributed by atoms with E-state index >= 15 is 0 Å². The Bertz CT molecular complexity index is 899. The molecule has 0 unspecified atom stereocenters. The SMILES string of the molecule is Cc1cc(C(=O)N2CCC[C@H](c3nnsc3-c3cc(C)no3)C2)on1. The van der Waals surface area contributed by atoms with Crippen LogP contribution in [0.4, 0.5) is 0 Å². The van der Waals surface area contributed by atoms with Crippen LogP contribution in [0.2, 0.25) is 0 Å². The van der Waals surface area contributed by atoms with Crippen LogP contribution in [0.15, 0.2) is 21.2 Å². The van der Waals surface area contributed by atoms with Crippen molar-refractivity contribution < 1.29 is 13.8 Å². The lowest BCUT2D eigenvalue weighted by Gasteiger charge is -2.31. The Balaban J connectivity index is 1.56. The van der Waals surface area contributed by atoms with E-state index in [1.807, 2.05) is 13.0 Å². The maximum absolute atomic E-state index is 12.6. The standard InChI is InChI=1S/C16H17N5O3S/c1-9-6-12(23-18-9)15-14(17-20-25-15)11-4-3-5-21(8-11)16(22)13-7-10(2)19-24-13/h6-7,11H,3-5,8H2,1-2H3/t11-/m0/s1. The van der Waals surface area contributed by atoms with Crippen LogP contribution in [0.1, 0.15) is 46.4 Å². The number of rotatable bonds is 3. The largest absolute Gasteiger partial charge is 0.355 e. The highest BCUT2D eigenvalue weighted by molar-refractivity contribution is 7.09. The predicted molar refractivity (Wildman–Crippen MR) is 89.3 cm³/mol. The molecule has 1 amide bonds. The second-order valence-corrected chi connectivity index (χ2v) is 7.00. The van der Waals surface area contributed by atoms with Gasteiger partial charge in [0.1, 0.15) is 4.88 Å². The molecule has 0 saturated carbocycles. The van der Waals surface area contributed by atoms with Gasteiger partial charge in [-0.1, -0.05) is 14.8 Å². The average molecular weight is 359 g/mol. The van der Waals surface area contributed by atoms with Crippen LogP contribution in [0.3, 0.4) is 0 Å². The molecule has 0 radical (unpaired) electrons. The minimum Gasteiger partial charge on any atom is -0.355 e. The second-order valence-electron chi connectivity index (χ2n) is 6.24. The van der Waals surface area contributed by atoms with E-state index in [4.69, 9.17) is 9.05 Å². The molecule has 1 aliphatic heterocycles. The van der Waals surface area contributed by atoms with Gasteiger partial charge in [-0.2, -0.15) is 0 Å². The van der Waals surface area contributed by atoms with Gasteiger partial charge in [-0.25, -0.2) is 0 Å². The maximum Gasteiger partial charge on any atom is 0.292 e. The monoisotopic (exact) mass is 359 g/mol. The molecule has 0 aromatic carbocycles. The summed E-state index contributed by atoms with van der Waals surface area (Å²) in [5.74, 6) is 0.934. The first kappa shape index (κ1) is 15.9. The number of likely N-dealkylation sites (tertiary alicyclic amines) is 1. The van der Waals surface area contributed by atoms with Crippen LogP contribution >= 0.6 is 11.5 Å². The Morgan fingerprint density at radius 1 is 1.24 bits per heavy atom. The van der Waals surface area contributed by atoms with E-state index in [9.17, 15) is 4.79 Å². The molecule has 1 fully saturated rings. The zero-order valence-electron chi connectivity index (χ0n) is 13.9. The molecule has 9 heteroatoms. The summed E-state index contributed by atoms with van der Waals surface area (Å²) in [6.45, 7) is 4.95. The van der Waals surface area contributed by atoms with Crippen LogP contribution in [0, 0.1) is 13.8 Å². The molecule has 4 heterocycles. The minimum absolute atomic E-state index is 0.112. The Morgan fingerprint density at radius 2 is 2.04 bits per heavy atom. The van der Waals surface area contributed by atoms with E-state index < -0.39 is 0 Å². The summed E-state index contributed by atoms with van der Waals surface area (Å²) in [7, 11) is 0. The van der Waals surface area contributed by atoms with Gasteiger partial charge in [-0.05, 0) is 38.2 Å². The first-order valence-corrected chi connectivity index (χ1v) is 8.87. The Kier molecular flexibility index (Phi) is 4.08. The van der Waals surface area contributed by atoms with Crippen LogP contribution < -0.4 is 0 Å². The molecule has 0 N–H and O–H groups in total. The van der Waals surface area contributed by atoms with Crippen LogP contribution in [0.25, 0.3) is 10.6 Å². The summed E-state index contributed by atoms with van der Waals surface area (Å²) in [5.41, 5.74) is 2.38. The van der Waals surface area contributed by atoms with Gasteiger partial charge in [0.2, 0.25) is 5.76 Å². The number of hydrogen-bond donors (Lipinski definition) is 0. The van der Waals surface area contributed by atoms with Crippen LogP contribution in [-0.2, 0) is 0 Å². The first-order valence-electron chi connectivity index (χ1n) is 8.10.